The Morgan fingerprint density at radius 1 is 1.26 bits per heavy atom. The summed E-state index contributed by atoms with van der Waals surface area (Å²) in [4.78, 5) is 14.5. The number of carboxylic acid groups (broad SMARTS) is 1. The summed E-state index contributed by atoms with van der Waals surface area (Å²) in [6.07, 6.45) is 0.438. The maximum atomic E-state index is 13.6. The highest BCUT2D eigenvalue weighted by Gasteiger charge is 2.48. The lowest BCUT2D eigenvalue weighted by atomic mass is 10.2. The SMILES string of the molecule is O=C(O)[C@@]1(I)CCCN1c1c(F)c(F)nc(F)c1F. The molecule has 0 bridgehead atoms. The third kappa shape index (κ3) is 2.13. The average molecular weight is 390 g/mol. The predicted octanol–water partition coefficient (Wildman–Crippen LogP) is 2.45. The van der Waals surface area contributed by atoms with Crippen LogP contribution in [0, 0.1) is 23.5 Å². The van der Waals surface area contributed by atoms with Crippen molar-refractivity contribution in [1.29, 1.82) is 0 Å². The van der Waals surface area contributed by atoms with E-state index in [2.05, 4.69) is 4.98 Å². The molecule has 0 aliphatic carbocycles. The van der Waals surface area contributed by atoms with Crippen molar-refractivity contribution in [1.82, 2.24) is 4.98 Å². The van der Waals surface area contributed by atoms with E-state index in [9.17, 15) is 22.4 Å². The summed E-state index contributed by atoms with van der Waals surface area (Å²) in [6, 6.07) is 0. The second-order valence-corrected chi connectivity index (χ2v) is 5.77. The molecule has 1 saturated heterocycles. The summed E-state index contributed by atoms with van der Waals surface area (Å²) >= 11 is 1.51. The minimum absolute atomic E-state index is 0.0219. The van der Waals surface area contributed by atoms with Gasteiger partial charge in [-0.15, -0.1) is 0 Å². The molecule has 2 heterocycles. The zero-order valence-electron chi connectivity index (χ0n) is 9.26. The second kappa shape index (κ2) is 4.76. The lowest BCUT2D eigenvalue weighted by Crippen LogP contribution is -2.46. The Hall–Kier alpha value is -1.13. The zero-order chi connectivity index (χ0) is 14.4. The van der Waals surface area contributed by atoms with Gasteiger partial charge in [-0.3, -0.25) is 0 Å². The van der Waals surface area contributed by atoms with Crippen molar-refractivity contribution in [3.05, 3.63) is 23.5 Å². The van der Waals surface area contributed by atoms with Crippen LogP contribution in [0.25, 0.3) is 0 Å². The number of aliphatic carboxylic acids is 1. The Bertz CT molecular complexity index is 531. The number of pyridine rings is 1. The lowest BCUT2D eigenvalue weighted by Gasteiger charge is -2.31. The van der Waals surface area contributed by atoms with Crippen LogP contribution in [0.5, 0.6) is 0 Å². The van der Waals surface area contributed by atoms with E-state index in [-0.39, 0.29) is 13.0 Å². The number of halogens is 5. The van der Waals surface area contributed by atoms with E-state index in [1.54, 1.807) is 0 Å². The van der Waals surface area contributed by atoms with Crippen LogP contribution in [-0.4, -0.2) is 26.2 Å². The lowest BCUT2D eigenvalue weighted by molar-refractivity contribution is -0.138. The van der Waals surface area contributed by atoms with E-state index in [0.29, 0.717) is 6.42 Å². The highest BCUT2D eigenvalue weighted by molar-refractivity contribution is 14.1. The summed E-state index contributed by atoms with van der Waals surface area (Å²) < 4.78 is 51.7. The van der Waals surface area contributed by atoms with Crippen molar-refractivity contribution in [2.45, 2.75) is 16.4 Å². The molecule has 0 aromatic carbocycles. The minimum atomic E-state index is -1.80. The fourth-order valence-corrected chi connectivity index (χ4v) is 2.87. The van der Waals surface area contributed by atoms with Crippen molar-refractivity contribution in [2.75, 3.05) is 11.4 Å². The van der Waals surface area contributed by atoms with Crippen LogP contribution < -0.4 is 4.90 Å². The fraction of sp³-hybridized carbons (Fsp3) is 0.400. The molecule has 2 rings (SSSR count). The highest BCUT2D eigenvalue weighted by Crippen LogP contribution is 2.42. The number of alkyl halides is 1. The molecule has 4 nitrogen and oxygen atoms in total. The third-order valence-corrected chi connectivity index (χ3v) is 4.47. The molecular formula is C10H7F4IN2O2. The summed E-state index contributed by atoms with van der Waals surface area (Å²) in [5.74, 6) is -8.32. The van der Waals surface area contributed by atoms with Gasteiger partial charge in [-0.25, -0.2) is 4.79 Å². The van der Waals surface area contributed by atoms with Crippen molar-refractivity contribution in [3.8, 4) is 0 Å². The molecule has 1 aromatic rings. The number of carboxylic acids is 1. The first kappa shape index (κ1) is 14.3. The molecule has 0 unspecified atom stereocenters. The molecular weight excluding hydrogens is 383 g/mol. The first-order valence-corrected chi connectivity index (χ1v) is 6.27. The van der Waals surface area contributed by atoms with Gasteiger partial charge in [0.1, 0.15) is 5.69 Å². The fourth-order valence-electron chi connectivity index (χ4n) is 2.01. The molecule has 1 aromatic heterocycles. The smallest absolute Gasteiger partial charge is 0.339 e. The topological polar surface area (TPSA) is 53.4 Å². The Kier molecular flexibility index (Phi) is 3.58. The van der Waals surface area contributed by atoms with Crippen LogP contribution in [0.4, 0.5) is 23.2 Å². The van der Waals surface area contributed by atoms with Gasteiger partial charge in [0.2, 0.25) is 11.6 Å². The van der Waals surface area contributed by atoms with Gasteiger partial charge in [0.25, 0.3) is 11.9 Å². The van der Waals surface area contributed by atoms with Gasteiger partial charge in [0, 0.05) is 6.54 Å². The van der Waals surface area contributed by atoms with Gasteiger partial charge in [0.15, 0.2) is 3.55 Å². The molecule has 0 saturated carbocycles. The number of carbonyl (C=O) groups is 1. The summed E-state index contributed by atoms with van der Waals surface area (Å²) in [5.41, 5.74) is -1.03. The van der Waals surface area contributed by atoms with E-state index in [4.69, 9.17) is 5.11 Å². The number of anilines is 1. The van der Waals surface area contributed by atoms with Gasteiger partial charge < -0.3 is 10.0 Å². The van der Waals surface area contributed by atoms with Crippen molar-refractivity contribution >= 4 is 34.2 Å². The Morgan fingerprint density at radius 3 is 2.26 bits per heavy atom. The number of hydrogen-bond acceptors (Lipinski definition) is 3. The number of rotatable bonds is 2. The standard InChI is InChI=1S/C10H7F4IN2O2/c11-4-6(5(12)8(14)16-7(4)13)17-3-1-2-10(17,15)9(18)19/h1-3H2,(H,18,19)/t10-/m1/s1. The molecule has 0 amide bonds. The van der Waals surface area contributed by atoms with Crippen LogP contribution in [0.15, 0.2) is 0 Å². The van der Waals surface area contributed by atoms with Crippen LogP contribution in [-0.2, 0) is 4.79 Å². The summed E-state index contributed by atoms with van der Waals surface area (Å²) in [5, 5.41) is 9.13. The van der Waals surface area contributed by atoms with E-state index in [1.807, 2.05) is 0 Å². The molecule has 1 N–H and O–H groups in total. The maximum absolute atomic E-state index is 13.6. The number of hydrogen-bond donors (Lipinski definition) is 1. The van der Waals surface area contributed by atoms with E-state index in [1.165, 1.54) is 22.6 Å². The summed E-state index contributed by atoms with van der Waals surface area (Å²) in [6.45, 7) is -0.0219. The van der Waals surface area contributed by atoms with Gasteiger partial charge in [-0.05, 0) is 35.4 Å². The van der Waals surface area contributed by atoms with Crippen molar-refractivity contribution < 1.29 is 27.5 Å². The van der Waals surface area contributed by atoms with Gasteiger partial charge >= 0.3 is 5.97 Å². The highest BCUT2D eigenvalue weighted by atomic mass is 127. The molecule has 1 fully saturated rings. The van der Waals surface area contributed by atoms with E-state index in [0.717, 1.165) is 4.90 Å². The van der Waals surface area contributed by atoms with Crippen LogP contribution in [0.1, 0.15) is 12.8 Å². The number of nitrogens with zero attached hydrogens (tertiary/aromatic N) is 2. The number of aromatic nitrogens is 1. The molecule has 19 heavy (non-hydrogen) atoms. The van der Waals surface area contributed by atoms with E-state index < -0.39 is 38.7 Å². The molecule has 9 heteroatoms. The zero-order valence-corrected chi connectivity index (χ0v) is 11.4. The average Bonchev–Trinajstić information content (AvgIpc) is 2.71. The third-order valence-electron chi connectivity index (χ3n) is 2.89. The van der Waals surface area contributed by atoms with Crippen LogP contribution >= 0.6 is 22.6 Å². The van der Waals surface area contributed by atoms with Gasteiger partial charge in [0.05, 0.1) is 0 Å². The Balaban J connectivity index is 2.62. The first-order chi connectivity index (χ1) is 8.79. The molecule has 0 radical (unpaired) electrons. The van der Waals surface area contributed by atoms with Crippen molar-refractivity contribution in [3.63, 3.8) is 0 Å². The monoisotopic (exact) mass is 390 g/mol. The maximum Gasteiger partial charge on any atom is 0.339 e. The second-order valence-electron chi connectivity index (χ2n) is 3.99. The van der Waals surface area contributed by atoms with Crippen LogP contribution in [0.3, 0.4) is 0 Å². The van der Waals surface area contributed by atoms with Crippen LogP contribution in [0.2, 0.25) is 0 Å². The first-order valence-electron chi connectivity index (χ1n) is 5.19. The van der Waals surface area contributed by atoms with Crippen molar-refractivity contribution in [2.24, 2.45) is 0 Å². The molecule has 1 aliphatic heterocycles. The quantitative estimate of drug-likeness (QED) is 0.277. The Morgan fingerprint density at radius 2 is 1.79 bits per heavy atom. The molecule has 1 atom stereocenters. The van der Waals surface area contributed by atoms with Gasteiger partial charge in [-0.1, -0.05) is 0 Å². The molecule has 1 aliphatic rings. The minimum Gasteiger partial charge on any atom is -0.479 e. The molecule has 0 spiro atoms. The summed E-state index contributed by atoms with van der Waals surface area (Å²) in [7, 11) is 0. The normalized spacial score (nSPS) is 22.9. The molecule has 104 valence electrons. The predicted molar refractivity (Wildman–Crippen MR) is 65.0 cm³/mol. The van der Waals surface area contributed by atoms with E-state index >= 15 is 0 Å². The largest absolute Gasteiger partial charge is 0.479 e. The van der Waals surface area contributed by atoms with Gasteiger partial charge in [-0.2, -0.15) is 22.5 Å². The Labute approximate surface area is 118 Å².